The number of pyridine rings is 1. The molecule has 1 aliphatic heterocycles. The van der Waals surface area contributed by atoms with Gasteiger partial charge in [0.15, 0.2) is 23.3 Å². The summed E-state index contributed by atoms with van der Waals surface area (Å²) in [4.78, 5) is 5.85. The van der Waals surface area contributed by atoms with Gasteiger partial charge in [0, 0.05) is 38.8 Å². The van der Waals surface area contributed by atoms with E-state index >= 15 is 0 Å². The molecule has 2 heterocycles. The molecule has 0 aliphatic carbocycles. The van der Waals surface area contributed by atoms with Gasteiger partial charge in [-0.25, -0.2) is 13.8 Å². The standard InChI is InChI=1S/C11H16F2N4/c1-2-15-10-8(12)7-9(13)11(16-10)17-5-3-14-4-6-17/h7,14H,2-6H2,1H3,(H,15,16). The Bertz CT molecular complexity index is 391. The van der Waals surface area contributed by atoms with Gasteiger partial charge >= 0.3 is 0 Å². The molecule has 1 aliphatic rings. The minimum atomic E-state index is -0.650. The van der Waals surface area contributed by atoms with Gasteiger partial charge in [0.25, 0.3) is 0 Å². The molecule has 0 amide bonds. The van der Waals surface area contributed by atoms with E-state index in [2.05, 4.69) is 15.6 Å². The molecule has 1 saturated heterocycles. The zero-order valence-electron chi connectivity index (χ0n) is 9.76. The number of hydrogen-bond acceptors (Lipinski definition) is 4. The van der Waals surface area contributed by atoms with Crippen LogP contribution in [0.4, 0.5) is 20.4 Å². The van der Waals surface area contributed by atoms with Crippen molar-refractivity contribution in [3.63, 3.8) is 0 Å². The first-order valence-electron chi connectivity index (χ1n) is 5.78. The van der Waals surface area contributed by atoms with Crippen molar-refractivity contribution in [2.24, 2.45) is 0 Å². The summed E-state index contributed by atoms with van der Waals surface area (Å²) in [5.41, 5.74) is 0. The van der Waals surface area contributed by atoms with Crippen LogP contribution in [-0.4, -0.2) is 37.7 Å². The van der Waals surface area contributed by atoms with Gasteiger partial charge in [-0.15, -0.1) is 0 Å². The Balaban J connectivity index is 2.28. The molecule has 17 heavy (non-hydrogen) atoms. The van der Waals surface area contributed by atoms with E-state index in [0.717, 1.165) is 19.2 Å². The Morgan fingerprint density at radius 3 is 2.71 bits per heavy atom. The third-order valence-electron chi connectivity index (χ3n) is 2.67. The molecule has 4 nitrogen and oxygen atoms in total. The number of piperazine rings is 1. The maximum absolute atomic E-state index is 13.7. The number of anilines is 2. The van der Waals surface area contributed by atoms with Gasteiger partial charge in [-0.1, -0.05) is 0 Å². The number of aromatic nitrogens is 1. The molecule has 0 bridgehead atoms. The minimum absolute atomic E-state index is 0.113. The van der Waals surface area contributed by atoms with Crippen molar-refractivity contribution in [1.29, 1.82) is 0 Å². The molecule has 2 N–H and O–H groups in total. The lowest BCUT2D eigenvalue weighted by molar-refractivity contribution is 0.544. The number of nitrogens with zero attached hydrogens (tertiary/aromatic N) is 2. The number of rotatable bonds is 3. The number of hydrogen-bond donors (Lipinski definition) is 2. The minimum Gasteiger partial charge on any atom is -0.368 e. The van der Waals surface area contributed by atoms with Crippen LogP contribution in [0.3, 0.4) is 0 Å². The normalized spacial score (nSPS) is 16.1. The van der Waals surface area contributed by atoms with E-state index in [1.165, 1.54) is 0 Å². The highest BCUT2D eigenvalue weighted by Gasteiger charge is 2.18. The monoisotopic (exact) mass is 242 g/mol. The molecular formula is C11H16F2N4. The zero-order valence-corrected chi connectivity index (χ0v) is 9.76. The van der Waals surface area contributed by atoms with Crippen LogP contribution in [0, 0.1) is 11.6 Å². The lowest BCUT2D eigenvalue weighted by Gasteiger charge is -2.29. The van der Waals surface area contributed by atoms with Gasteiger partial charge in [0.2, 0.25) is 0 Å². The van der Waals surface area contributed by atoms with Crippen LogP contribution in [0.5, 0.6) is 0 Å². The fourth-order valence-corrected chi connectivity index (χ4v) is 1.85. The maximum atomic E-state index is 13.7. The summed E-state index contributed by atoms with van der Waals surface area (Å²) in [6.45, 7) is 5.33. The Morgan fingerprint density at radius 1 is 1.35 bits per heavy atom. The van der Waals surface area contributed by atoms with Gasteiger partial charge in [-0.2, -0.15) is 0 Å². The SMILES string of the molecule is CCNc1nc(N2CCNCC2)c(F)cc1F. The van der Waals surface area contributed by atoms with Crippen molar-refractivity contribution in [2.75, 3.05) is 42.9 Å². The lowest BCUT2D eigenvalue weighted by Crippen LogP contribution is -2.44. The largest absolute Gasteiger partial charge is 0.368 e. The third-order valence-corrected chi connectivity index (χ3v) is 2.67. The van der Waals surface area contributed by atoms with Crippen molar-refractivity contribution in [3.05, 3.63) is 17.7 Å². The Kier molecular flexibility index (Phi) is 3.73. The Morgan fingerprint density at radius 2 is 2.06 bits per heavy atom. The average Bonchev–Trinajstić information content (AvgIpc) is 2.34. The zero-order chi connectivity index (χ0) is 12.3. The van der Waals surface area contributed by atoms with Crippen molar-refractivity contribution in [2.45, 2.75) is 6.92 Å². The van der Waals surface area contributed by atoms with Gasteiger partial charge in [-0.3, -0.25) is 0 Å². The third kappa shape index (κ3) is 2.63. The van der Waals surface area contributed by atoms with Crippen LogP contribution in [0.2, 0.25) is 0 Å². The maximum Gasteiger partial charge on any atom is 0.168 e. The number of nitrogens with one attached hydrogen (secondary N) is 2. The van der Waals surface area contributed by atoms with E-state index in [9.17, 15) is 8.78 Å². The Hall–Kier alpha value is -1.43. The van der Waals surface area contributed by atoms with Crippen molar-refractivity contribution in [1.82, 2.24) is 10.3 Å². The van der Waals surface area contributed by atoms with Crippen molar-refractivity contribution >= 4 is 11.6 Å². The van der Waals surface area contributed by atoms with E-state index in [0.29, 0.717) is 19.6 Å². The van der Waals surface area contributed by atoms with E-state index in [1.807, 2.05) is 11.8 Å². The smallest absolute Gasteiger partial charge is 0.168 e. The lowest BCUT2D eigenvalue weighted by atomic mass is 10.3. The second kappa shape index (κ2) is 5.27. The second-order valence-electron chi connectivity index (χ2n) is 3.89. The van der Waals surface area contributed by atoms with Crippen LogP contribution in [0.25, 0.3) is 0 Å². The highest BCUT2D eigenvalue weighted by molar-refractivity contribution is 5.49. The van der Waals surface area contributed by atoms with Crippen molar-refractivity contribution < 1.29 is 8.78 Å². The molecule has 0 unspecified atom stereocenters. The first-order chi connectivity index (χ1) is 8.22. The summed E-state index contributed by atoms with van der Waals surface area (Å²) in [6, 6.07) is 0.891. The van der Waals surface area contributed by atoms with E-state index in [-0.39, 0.29) is 11.6 Å². The second-order valence-corrected chi connectivity index (χ2v) is 3.89. The van der Waals surface area contributed by atoms with Crippen LogP contribution in [-0.2, 0) is 0 Å². The first kappa shape index (κ1) is 12.0. The molecule has 2 rings (SSSR count). The van der Waals surface area contributed by atoms with Gasteiger partial charge in [0.05, 0.1) is 0 Å². The van der Waals surface area contributed by atoms with Crippen LogP contribution in [0.15, 0.2) is 6.07 Å². The van der Waals surface area contributed by atoms with E-state index in [4.69, 9.17) is 0 Å². The summed E-state index contributed by atoms with van der Waals surface area (Å²) >= 11 is 0. The molecule has 94 valence electrons. The molecule has 0 radical (unpaired) electrons. The van der Waals surface area contributed by atoms with E-state index < -0.39 is 11.6 Å². The molecular weight excluding hydrogens is 226 g/mol. The summed E-state index contributed by atoms with van der Waals surface area (Å²) in [6.07, 6.45) is 0. The molecule has 1 aromatic heterocycles. The summed E-state index contributed by atoms with van der Waals surface area (Å²) in [5.74, 6) is -0.916. The summed E-state index contributed by atoms with van der Waals surface area (Å²) in [5, 5.41) is 5.96. The topological polar surface area (TPSA) is 40.2 Å². The Labute approximate surface area is 99.0 Å². The average molecular weight is 242 g/mol. The van der Waals surface area contributed by atoms with Crippen LogP contribution in [0.1, 0.15) is 6.92 Å². The van der Waals surface area contributed by atoms with Crippen LogP contribution < -0.4 is 15.5 Å². The molecule has 1 aromatic rings. The number of halogens is 2. The van der Waals surface area contributed by atoms with Gasteiger partial charge in [0.1, 0.15) is 0 Å². The van der Waals surface area contributed by atoms with Gasteiger partial charge < -0.3 is 15.5 Å². The molecule has 0 aromatic carbocycles. The fraction of sp³-hybridized carbons (Fsp3) is 0.545. The highest BCUT2D eigenvalue weighted by Crippen LogP contribution is 2.22. The predicted octanol–water partition coefficient (Wildman–Crippen LogP) is 1.20. The molecule has 6 heteroatoms. The van der Waals surface area contributed by atoms with Gasteiger partial charge in [-0.05, 0) is 6.92 Å². The van der Waals surface area contributed by atoms with Crippen LogP contribution >= 0.6 is 0 Å². The fourth-order valence-electron chi connectivity index (χ4n) is 1.85. The van der Waals surface area contributed by atoms with Crippen molar-refractivity contribution in [3.8, 4) is 0 Å². The molecule has 0 spiro atoms. The first-order valence-corrected chi connectivity index (χ1v) is 5.78. The summed E-state index contributed by atoms with van der Waals surface area (Å²) < 4.78 is 27.1. The molecule has 1 fully saturated rings. The summed E-state index contributed by atoms with van der Waals surface area (Å²) in [7, 11) is 0. The molecule has 0 atom stereocenters. The predicted molar refractivity (Wildman–Crippen MR) is 63.4 cm³/mol. The quantitative estimate of drug-likeness (QED) is 0.835. The molecule has 0 saturated carbocycles. The highest BCUT2D eigenvalue weighted by atomic mass is 19.1. The van der Waals surface area contributed by atoms with E-state index in [1.54, 1.807) is 0 Å².